The first-order valence-corrected chi connectivity index (χ1v) is 4.97. The molecule has 84 valence electrons. The van der Waals surface area contributed by atoms with Crippen molar-refractivity contribution in [2.75, 3.05) is 5.73 Å². The van der Waals surface area contributed by atoms with Gasteiger partial charge in [0.25, 0.3) is 5.95 Å². The molecule has 0 fully saturated rings. The first-order valence-electron chi connectivity index (χ1n) is 4.97. The molecule has 0 amide bonds. The zero-order chi connectivity index (χ0) is 11.7. The number of nitrogens with two attached hydrogens (primary N) is 1. The van der Waals surface area contributed by atoms with Gasteiger partial charge >= 0.3 is 0 Å². The van der Waals surface area contributed by atoms with Gasteiger partial charge in [-0.1, -0.05) is 0 Å². The van der Waals surface area contributed by atoms with Crippen LogP contribution in [0.15, 0.2) is 43.1 Å². The molecule has 0 aromatic carbocycles. The molecule has 0 atom stereocenters. The highest BCUT2D eigenvalue weighted by atomic mass is 15.4. The van der Waals surface area contributed by atoms with Crippen molar-refractivity contribution in [3.05, 3.63) is 43.1 Å². The van der Waals surface area contributed by atoms with E-state index in [4.69, 9.17) is 5.73 Å². The van der Waals surface area contributed by atoms with Gasteiger partial charge in [0, 0.05) is 24.8 Å². The molecule has 3 aromatic heterocycles. The summed E-state index contributed by atoms with van der Waals surface area (Å²) >= 11 is 0. The molecule has 2 N–H and O–H groups in total. The third-order valence-electron chi connectivity index (χ3n) is 2.21. The van der Waals surface area contributed by atoms with E-state index in [2.05, 4.69) is 20.2 Å². The molecule has 7 heteroatoms. The van der Waals surface area contributed by atoms with Crippen LogP contribution in [0, 0.1) is 0 Å². The van der Waals surface area contributed by atoms with Crippen molar-refractivity contribution >= 4 is 5.69 Å². The van der Waals surface area contributed by atoms with Gasteiger partial charge in [-0.2, -0.15) is 15.2 Å². The van der Waals surface area contributed by atoms with Crippen molar-refractivity contribution in [1.29, 1.82) is 0 Å². The van der Waals surface area contributed by atoms with Crippen LogP contribution in [0.5, 0.6) is 0 Å². The SMILES string of the molecule is Nc1cnc(-n2cccn2)nc1-n1cccn1. The summed E-state index contributed by atoms with van der Waals surface area (Å²) in [7, 11) is 0. The number of aromatic nitrogens is 6. The van der Waals surface area contributed by atoms with Gasteiger partial charge in [0.15, 0.2) is 5.82 Å². The van der Waals surface area contributed by atoms with E-state index in [1.54, 1.807) is 52.5 Å². The zero-order valence-corrected chi connectivity index (χ0v) is 8.80. The molecule has 0 spiro atoms. The molecule has 3 heterocycles. The maximum Gasteiger partial charge on any atom is 0.252 e. The molecule has 0 saturated heterocycles. The van der Waals surface area contributed by atoms with Crippen LogP contribution in [0.25, 0.3) is 11.8 Å². The Morgan fingerprint density at radius 3 is 2.35 bits per heavy atom. The molecule has 0 radical (unpaired) electrons. The molecular weight excluding hydrogens is 218 g/mol. The first-order chi connectivity index (χ1) is 8.34. The Morgan fingerprint density at radius 1 is 1.00 bits per heavy atom. The Balaban J connectivity index is 2.13. The summed E-state index contributed by atoms with van der Waals surface area (Å²) in [6.07, 6.45) is 8.40. The lowest BCUT2D eigenvalue weighted by molar-refractivity contribution is 0.777. The fraction of sp³-hybridized carbons (Fsp3) is 0. The van der Waals surface area contributed by atoms with Crippen LogP contribution in [0.3, 0.4) is 0 Å². The van der Waals surface area contributed by atoms with Crippen molar-refractivity contribution in [2.24, 2.45) is 0 Å². The molecule has 0 bridgehead atoms. The fourth-order valence-electron chi connectivity index (χ4n) is 1.45. The van der Waals surface area contributed by atoms with Crippen molar-refractivity contribution in [3.8, 4) is 11.8 Å². The van der Waals surface area contributed by atoms with Gasteiger partial charge in [0.2, 0.25) is 0 Å². The largest absolute Gasteiger partial charge is 0.394 e. The standard InChI is InChI=1S/C10H9N7/c11-8-7-12-10(17-6-2-4-14-17)15-9(8)16-5-1-3-13-16/h1-7H,11H2. The first kappa shape index (κ1) is 9.52. The van der Waals surface area contributed by atoms with E-state index >= 15 is 0 Å². The number of hydrogen-bond donors (Lipinski definition) is 1. The molecule has 3 rings (SSSR count). The lowest BCUT2D eigenvalue weighted by Gasteiger charge is -2.06. The van der Waals surface area contributed by atoms with Gasteiger partial charge in [0.05, 0.1) is 11.9 Å². The van der Waals surface area contributed by atoms with Crippen molar-refractivity contribution in [2.45, 2.75) is 0 Å². The molecule has 0 aliphatic carbocycles. The Hall–Kier alpha value is -2.70. The van der Waals surface area contributed by atoms with Gasteiger partial charge in [-0.05, 0) is 12.1 Å². The average molecular weight is 227 g/mol. The quantitative estimate of drug-likeness (QED) is 0.686. The zero-order valence-electron chi connectivity index (χ0n) is 8.80. The third kappa shape index (κ3) is 1.63. The lowest BCUT2D eigenvalue weighted by atomic mass is 10.5. The second-order valence-electron chi connectivity index (χ2n) is 3.35. The minimum absolute atomic E-state index is 0.453. The summed E-state index contributed by atoms with van der Waals surface area (Å²) in [5, 5.41) is 8.15. The van der Waals surface area contributed by atoms with Crippen molar-refractivity contribution in [1.82, 2.24) is 29.5 Å². The van der Waals surface area contributed by atoms with Gasteiger partial charge in [-0.25, -0.2) is 14.3 Å². The third-order valence-corrected chi connectivity index (χ3v) is 2.21. The van der Waals surface area contributed by atoms with Crippen molar-refractivity contribution in [3.63, 3.8) is 0 Å². The molecular formula is C10H9N7. The summed E-state index contributed by atoms with van der Waals surface area (Å²) in [5.41, 5.74) is 6.28. The van der Waals surface area contributed by atoms with E-state index in [1.165, 1.54) is 0 Å². The Labute approximate surface area is 96.5 Å². The highest BCUT2D eigenvalue weighted by Gasteiger charge is 2.08. The smallest absolute Gasteiger partial charge is 0.252 e. The van der Waals surface area contributed by atoms with E-state index in [9.17, 15) is 0 Å². The van der Waals surface area contributed by atoms with Crippen molar-refractivity contribution < 1.29 is 0 Å². The Morgan fingerprint density at radius 2 is 1.71 bits per heavy atom. The van der Waals surface area contributed by atoms with Gasteiger partial charge in [-0.15, -0.1) is 0 Å². The summed E-state index contributed by atoms with van der Waals surface area (Å²) in [5.74, 6) is 0.991. The molecule has 0 unspecified atom stereocenters. The summed E-state index contributed by atoms with van der Waals surface area (Å²) in [6.45, 7) is 0. The minimum atomic E-state index is 0.453. The summed E-state index contributed by atoms with van der Waals surface area (Å²) < 4.78 is 3.15. The second kappa shape index (κ2) is 3.71. The summed E-state index contributed by atoms with van der Waals surface area (Å²) in [6, 6.07) is 3.60. The number of anilines is 1. The number of rotatable bonds is 2. The predicted octanol–water partition coefficient (Wildman–Crippen LogP) is 0.430. The van der Waals surface area contributed by atoms with Crippen LogP contribution in [0.4, 0.5) is 5.69 Å². The molecule has 7 nitrogen and oxygen atoms in total. The Kier molecular flexibility index (Phi) is 2.08. The van der Waals surface area contributed by atoms with Gasteiger partial charge < -0.3 is 5.73 Å². The van der Waals surface area contributed by atoms with E-state index in [0.717, 1.165) is 0 Å². The van der Waals surface area contributed by atoms with E-state index in [1.807, 2.05) is 0 Å². The van der Waals surface area contributed by atoms with Crippen LogP contribution in [0.2, 0.25) is 0 Å². The number of nitrogen functional groups attached to an aromatic ring is 1. The Bertz CT molecular complexity index is 612. The lowest BCUT2D eigenvalue weighted by Crippen LogP contribution is -2.09. The fourth-order valence-corrected chi connectivity index (χ4v) is 1.45. The summed E-state index contributed by atoms with van der Waals surface area (Å²) in [4.78, 5) is 8.44. The number of nitrogens with zero attached hydrogens (tertiary/aromatic N) is 6. The van der Waals surface area contributed by atoms with Crippen LogP contribution < -0.4 is 5.73 Å². The van der Waals surface area contributed by atoms with Crippen LogP contribution >= 0.6 is 0 Å². The average Bonchev–Trinajstić information content (AvgIpc) is 3.03. The molecule has 3 aromatic rings. The van der Waals surface area contributed by atoms with Gasteiger partial charge in [-0.3, -0.25) is 0 Å². The highest BCUT2D eigenvalue weighted by Crippen LogP contribution is 2.13. The van der Waals surface area contributed by atoms with E-state index in [-0.39, 0.29) is 0 Å². The maximum atomic E-state index is 5.82. The molecule has 0 aliphatic heterocycles. The molecule has 0 aliphatic rings. The molecule has 0 saturated carbocycles. The van der Waals surface area contributed by atoms with Crippen LogP contribution in [-0.4, -0.2) is 29.5 Å². The van der Waals surface area contributed by atoms with Gasteiger partial charge in [0.1, 0.15) is 0 Å². The second-order valence-corrected chi connectivity index (χ2v) is 3.35. The van der Waals surface area contributed by atoms with Crippen LogP contribution in [-0.2, 0) is 0 Å². The monoisotopic (exact) mass is 227 g/mol. The maximum absolute atomic E-state index is 5.82. The normalized spacial score (nSPS) is 10.6. The predicted molar refractivity (Wildman–Crippen MR) is 60.7 cm³/mol. The van der Waals surface area contributed by atoms with Crippen LogP contribution in [0.1, 0.15) is 0 Å². The number of hydrogen-bond acceptors (Lipinski definition) is 5. The minimum Gasteiger partial charge on any atom is -0.394 e. The van der Waals surface area contributed by atoms with E-state index in [0.29, 0.717) is 17.5 Å². The highest BCUT2D eigenvalue weighted by molar-refractivity contribution is 5.51. The topological polar surface area (TPSA) is 87.4 Å². The van der Waals surface area contributed by atoms with E-state index < -0.39 is 0 Å². The molecule has 17 heavy (non-hydrogen) atoms.